The number of hydrogen-bond donors (Lipinski definition) is 0. The number of carbonyl (C=O) groups excluding carboxylic acids is 1. The zero-order valence-corrected chi connectivity index (χ0v) is 9.66. The van der Waals surface area contributed by atoms with Gasteiger partial charge in [-0.1, -0.05) is 12.1 Å². The first kappa shape index (κ1) is 14.4. The Labute approximate surface area is 99.7 Å². The van der Waals surface area contributed by atoms with Crippen molar-refractivity contribution in [1.29, 1.82) is 0 Å². The first-order valence-corrected chi connectivity index (χ1v) is 5.00. The number of aromatic nitrogens is 3. The van der Waals surface area contributed by atoms with Crippen LogP contribution in [0, 0.1) is 0 Å². The van der Waals surface area contributed by atoms with E-state index in [0.29, 0.717) is 4.68 Å². The maximum Gasteiger partial charge on any atom is 0.360 e. The number of halogens is 4. The van der Waals surface area contributed by atoms with Crippen LogP contribution in [0.3, 0.4) is 0 Å². The molecular formula is C9H11F4N3O2. The molecule has 1 aromatic rings. The summed E-state index contributed by atoms with van der Waals surface area (Å²) < 4.78 is 54.9. The minimum atomic E-state index is -4.23. The molecule has 0 atom stereocenters. The van der Waals surface area contributed by atoms with Crippen molar-refractivity contribution in [2.75, 3.05) is 7.11 Å². The maximum absolute atomic E-state index is 12.9. The molecule has 0 bridgehead atoms. The molecular weight excluding hydrogens is 258 g/mol. The summed E-state index contributed by atoms with van der Waals surface area (Å²) in [5, 5.41) is 6.64. The van der Waals surface area contributed by atoms with Crippen LogP contribution in [-0.2, 0) is 17.7 Å². The molecule has 0 aliphatic rings. The van der Waals surface area contributed by atoms with Gasteiger partial charge in [0, 0.05) is 0 Å². The maximum atomic E-state index is 12.9. The molecule has 0 N–H and O–H groups in total. The smallest absolute Gasteiger partial charge is 0.360 e. The van der Waals surface area contributed by atoms with Gasteiger partial charge in [0.1, 0.15) is 6.54 Å². The summed E-state index contributed by atoms with van der Waals surface area (Å²) in [5.74, 6) is -5.08. The largest absolute Gasteiger partial charge is 0.464 e. The highest BCUT2D eigenvalue weighted by Crippen LogP contribution is 2.25. The average Bonchev–Trinajstić information content (AvgIpc) is 2.69. The van der Waals surface area contributed by atoms with Crippen molar-refractivity contribution >= 4 is 5.97 Å². The zero-order chi connectivity index (χ0) is 13.9. The highest BCUT2D eigenvalue weighted by atomic mass is 19.3. The molecule has 9 heteroatoms. The monoisotopic (exact) mass is 269 g/mol. The summed E-state index contributed by atoms with van der Waals surface area (Å²) in [6.07, 6.45) is -3.68. The molecule has 0 amide bonds. The highest BCUT2D eigenvalue weighted by Gasteiger charge is 2.42. The standard InChI is InChI=1S/C9H11F4N3O2/c1-3-5-6(7(17)18-2)14-15-16(5)4-9(12,13)8(10)11/h8H,3-4H2,1-2H3. The van der Waals surface area contributed by atoms with Gasteiger partial charge in [-0.25, -0.2) is 18.3 Å². The number of methoxy groups -OCH3 is 1. The van der Waals surface area contributed by atoms with Crippen molar-refractivity contribution in [3.63, 3.8) is 0 Å². The van der Waals surface area contributed by atoms with E-state index >= 15 is 0 Å². The molecule has 0 aliphatic carbocycles. The number of esters is 1. The molecule has 102 valence electrons. The van der Waals surface area contributed by atoms with Gasteiger partial charge in [-0.2, -0.15) is 8.78 Å². The number of alkyl halides is 4. The molecule has 1 aromatic heterocycles. The summed E-state index contributed by atoms with van der Waals surface area (Å²) in [6, 6.07) is 0. The Morgan fingerprint density at radius 1 is 1.50 bits per heavy atom. The molecule has 1 rings (SSSR count). The van der Waals surface area contributed by atoms with E-state index in [1.54, 1.807) is 6.92 Å². The quantitative estimate of drug-likeness (QED) is 0.601. The lowest BCUT2D eigenvalue weighted by atomic mass is 10.2. The van der Waals surface area contributed by atoms with Crippen molar-refractivity contribution in [3.8, 4) is 0 Å². The Hall–Kier alpha value is -1.67. The second-order valence-electron chi connectivity index (χ2n) is 3.45. The Morgan fingerprint density at radius 3 is 2.56 bits per heavy atom. The van der Waals surface area contributed by atoms with Crippen molar-refractivity contribution in [2.24, 2.45) is 0 Å². The van der Waals surface area contributed by atoms with E-state index in [2.05, 4.69) is 15.0 Å². The minimum Gasteiger partial charge on any atom is -0.464 e. The van der Waals surface area contributed by atoms with Gasteiger partial charge in [-0.3, -0.25) is 0 Å². The number of hydrogen-bond acceptors (Lipinski definition) is 4. The van der Waals surface area contributed by atoms with Crippen molar-refractivity contribution < 1.29 is 27.1 Å². The lowest BCUT2D eigenvalue weighted by Crippen LogP contribution is -2.33. The molecule has 18 heavy (non-hydrogen) atoms. The predicted octanol–water partition coefficient (Wildman–Crippen LogP) is 1.53. The fourth-order valence-corrected chi connectivity index (χ4v) is 1.33. The van der Waals surface area contributed by atoms with E-state index in [0.717, 1.165) is 7.11 Å². The summed E-state index contributed by atoms with van der Waals surface area (Å²) >= 11 is 0. The van der Waals surface area contributed by atoms with Crippen LogP contribution in [0.15, 0.2) is 0 Å². The molecule has 0 aliphatic heterocycles. The first-order chi connectivity index (χ1) is 8.33. The number of carbonyl (C=O) groups is 1. The molecule has 0 spiro atoms. The summed E-state index contributed by atoms with van der Waals surface area (Å²) in [4.78, 5) is 11.2. The molecule has 5 nitrogen and oxygen atoms in total. The van der Waals surface area contributed by atoms with Crippen LogP contribution in [0.25, 0.3) is 0 Å². The van der Waals surface area contributed by atoms with E-state index in [4.69, 9.17) is 0 Å². The highest BCUT2D eigenvalue weighted by molar-refractivity contribution is 5.88. The first-order valence-electron chi connectivity index (χ1n) is 5.00. The van der Waals surface area contributed by atoms with Crippen LogP contribution in [0.5, 0.6) is 0 Å². The van der Waals surface area contributed by atoms with Gasteiger partial charge in [0.15, 0.2) is 5.69 Å². The summed E-state index contributed by atoms with van der Waals surface area (Å²) in [5.41, 5.74) is -0.216. The van der Waals surface area contributed by atoms with E-state index in [9.17, 15) is 22.4 Å². The Balaban J connectivity index is 3.05. The van der Waals surface area contributed by atoms with Crippen LogP contribution in [0.1, 0.15) is 23.1 Å². The van der Waals surface area contributed by atoms with Crippen molar-refractivity contribution in [3.05, 3.63) is 11.4 Å². The summed E-state index contributed by atoms with van der Waals surface area (Å²) in [7, 11) is 1.09. The minimum absolute atomic E-state index is 0.0298. The molecule has 0 saturated heterocycles. The predicted molar refractivity (Wildman–Crippen MR) is 51.7 cm³/mol. The SMILES string of the molecule is CCc1c(C(=O)OC)nnn1CC(F)(F)C(F)F. The van der Waals surface area contributed by atoms with Crippen LogP contribution >= 0.6 is 0 Å². The molecule has 0 fully saturated rings. The third-order valence-electron chi connectivity index (χ3n) is 2.23. The van der Waals surface area contributed by atoms with Gasteiger partial charge in [-0.15, -0.1) is 5.10 Å². The van der Waals surface area contributed by atoms with E-state index in [-0.39, 0.29) is 17.8 Å². The zero-order valence-electron chi connectivity index (χ0n) is 9.66. The fourth-order valence-electron chi connectivity index (χ4n) is 1.33. The van der Waals surface area contributed by atoms with Gasteiger partial charge in [0.25, 0.3) is 0 Å². The van der Waals surface area contributed by atoms with E-state index < -0.39 is 24.9 Å². The second kappa shape index (κ2) is 5.32. The van der Waals surface area contributed by atoms with Crippen molar-refractivity contribution in [2.45, 2.75) is 32.2 Å². The van der Waals surface area contributed by atoms with Gasteiger partial charge < -0.3 is 4.74 Å². The van der Waals surface area contributed by atoms with Crippen LogP contribution in [0.2, 0.25) is 0 Å². The van der Waals surface area contributed by atoms with Crippen LogP contribution < -0.4 is 0 Å². The van der Waals surface area contributed by atoms with Gasteiger partial charge in [0.2, 0.25) is 0 Å². The average molecular weight is 269 g/mol. The molecule has 0 saturated carbocycles. The van der Waals surface area contributed by atoms with Crippen molar-refractivity contribution in [1.82, 2.24) is 15.0 Å². The van der Waals surface area contributed by atoms with Crippen LogP contribution in [-0.4, -0.2) is 40.4 Å². The molecule has 0 aromatic carbocycles. The van der Waals surface area contributed by atoms with Gasteiger partial charge in [0.05, 0.1) is 12.8 Å². The van der Waals surface area contributed by atoms with E-state index in [1.807, 2.05) is 0 Å². The number of ether oxygens (including phenoxy) is 1. The topological polar surface area (TPSA) is 57.0 Å². The number of rotatable bonds is 5. The Morgan fingerprint density at radius 2 is 2.11 bits per heavy atom. The molecule has 0 radical (unpaired) electrons. The molecule has 0 unspecified atom stereocenters. The van der Waals surface area contributed by atoms with Gasteiger partial charge >= 0.3 is 18.3 Å². The third kappa shape index (κ3) is 2.77. The summed E-state index contributed by atoms with van der Waals surface area (Å²) in [6.45, 7) is 0.222. The third-order valence-corrected chi connectivity index (χ3v) is 2.23. The lowest BCUT2D eigenvalue weighted by Gasteiger charge is -2.15. The van der Waals surface area contributed by atoms with Gasteiger partial charge in [-0.05, 0) is 6.42 Å². The normalized spacial score (nSPS) is 11.9. The van der Waals surface area contributed by atoms with E-state index in [1.165, 1.54) is 0 Å². The van der Waals surface area contributed by atoms with Crippen LogP contribution in [0.4, 0.5) is 17.6 Å². The number of nitrogens with zero attached hydrogens (tertiary/aromatic N) is 3. The second-order valence-corrected chi connectivity index (χ2v) is 3.45. The Bertz CT molecular complexity index is 433. The molecule has 1 heterocycles. The Kier molecular flexibility index (Phi) is 4.25. The fraction of sp³-hybridized carbons (Fsp3) is 0.667. The lowest BCUT2D eigenvalue weighted by molar-refractivity contribution is -0.139.